The minimum absolute atomic E-state index is 0.373. The van der Waals surface area contributed by atoms with Crippen molar-refractivity contribution in [3.8, 4) is 0 Å². The Morgan fingerprint density at radius 1 is 1.38 bits per heavy atom. The Bertz CT molecular complexity index is 208. The third-order valence-electron chi connectivity index (χ3n) is 3.46. The predicted molar refractivity (Wildman–Crippen MR) is 71.9 cm³/mol. The number of thiol groups is 1. The fourth-order valence-corrected chi connectivity index (χ4v) is 2.66. The molecule has 0 aromatic rings. The van der Waals surface area contributed by atoms with Crippen molar-refractivity contribution in [1.82, 2.24) is 4.90 Å². The molecule has 3 heteroatoms. The molecule has 0 aliphatic carbocycles. The molecule has 1 saturated heterocycles. The third-order valence-corrected chi connectivity index (χ3v) is 3.78. The summed E-state index contributed by atoms with van der Waals surface area (Å²) in [4.78, 5) is 13.9. The van der Waals surface area contributed by atoms with Crippen LogP contribution in [0.4, 0.5) is 0 Å². The van der Waals surface area contributed by atoms with Gasteiger partial charge in [0.05, 0.1) is 0 Å². The van der Waals surface area contributed by atoms with E-state index in [0.717, 1.165) is 50.4 Å². The number of nitrogens with zero attached hydrogens (tertiary/aromatic N) is 1. The molecule has 16 heavy (non-hydrogen) atoms. The van der Waals surface area contributed by atoms with Crippen LogP contribution in [0.1, 0.15) is 51.9 Å². The van der Waals surface area contributed by atoms with Crippen molar-refractivity contribution in [3.63, 3.8) is 0 Å². The molecule has 1 rings (SSSR count). The molecular formula is C13H25NOS. The van der Waals surface area contributed by atoms with E-state index in [1.54, 1.807) is 0 Å². The number of hydrogen-bond acceptors (Lipinski definition) is 2. The van der Waals surface area contributed by atoms with Crippen LogP contribution < -0.4 is 0 Å². The van der Waals surface area contributed by atoms with E-state index in [9.17, 15) is 4.79 Å². The summed E-state index contributed by atoms with van der Waals surface area (Å²) < 4.78 is 0. The molecule has 0 N–H and O–H groups in total. The topological polar surface area (TPSA) is 20.3 Å². The van der Waals surface area contributed by atoms with Crippen LogP contribution in [0.25, 0.3) is 0 Å². The highest BCUT2D eigenvalue weighted by molar-refractivity contribution is 7.80. The van der Waals surface area contributed by atoms with Gasteiger partial charge in [0.25, 0.3) is 0 Å². The van der Waals surface area contributed by atoms with Gasteiger partial charge in [0.15, 0.2) is 0 Å². The summed E-state index contributed by atoms with van der Waals surface area (Å²) in [6.45, 7) is 4.16. The van der Waals surface area contributed by atoms with Gasteiger partial charge >= 0.3 is 0 Å². The predicted octanol–water partition coefficient (Wildman–Crippen LogP) is 3.13. The Hall–Kier alpha value is -0.180. The van der Waals surface area contributed by atoms with E-state index in [1.807, 2.05) is 0 Å². The lowest BCUT2D eigenvalue weighted by atomic mass is 9.96. The van der Waals surface area contributed by atoms with Crippen LogP contribution in [-0.4, -0.2) is 29.6 Å². The molecule has 0 aromatic carbocycles. The molecule has 2 nitrogen and oxygen atoms in total. The average molecular weight is 243 g/mol. The van der Waals surface area contributed by atoms with Gasteiger partial charge in [-0.2, -0.15) is 12.6 Å². The second kappa shape index (κ2) is 7.99. The zero-order valence-corrected chi connectivity index (χ0v) is 11.3. The summed E-state index contributed by atoms with van der Waals surface area (Å²) in [6, 6.07) is 0. The van der Waals surface area contributed by atoms with Crippen molar-refractivity contribution in [3.05, 3.63) is 0 Å². The summed E-state index contributed by atoms with van der Waals surface area (Å²) in [5.74, 6) is 2.09. The monoisotopic (exact) mass is 243 g/mol. The molecule has 0 bridgehead atoms. The van der Waals surface area contributed by atoms with Crippen LogP contribution in [0, 0.1) is 5.92 Å². The molecular weight excluding hydrogens is 218 g/mol. The number of carbonyl (C=O) groups excluding carboxylic acids is 1. The van der Waals surface area contributed by atoms with Gasteiger partial charge in [-0.3, -0.25) is 4.79 Å². The summed E-state index contributed by atoms with van der Waals surface area (Å²) in [5, 5.41) is 0. The van der Waals surface area contributed by atoms with Crippen molar-refractivity contribution in [1.29, 1.82) is 0 Å². The molecule has 1 fully saturated rings. The van der Waals surface area contributed by atoms with E-state index < -0.39 is 0 Å². The fraction of sp³-hybridized carbons (Fsp3) is 0.923. The van der Waals surface area contributed by atoms with Gasteiger partial charge in [0.1, 0.15) is 0 Å². The van der Waals surface area contributed by atoms with Crippen molar-refractivity contribution >= 4 is 18.5 Å². The molecule has 1 amide bonds. The van der Waals surface area contributed by atoms with Gasteiger partial charge in [0.2, 0.25) is 5.91 Å². The highest BCUT2D eigenvalue weighted by atomic mass is 32.1. The maximum absolute atomic E-state index is 11.9. The number of rotatable bonds is 6. The maximum Gasteiger partial charge on any atom is 0.222 e. The molecule has 94 valence electrons. The number of hydrogen-bond donors (Lipinski definition) is 1. The van der Waals surface area contributed by atoms with Crippen molar-refractivity contribution in [2.24, 2.45) is 5.92 Å². The first kappa shape index (κ1) is 13.9. The summed E-state index contributed by atoms with van der Waals surface area (Å²) >= 11 is 4.20. The highest BCUT2D eigenvalue weighted by Gasteiger charge is 2.21. The minimum atomic E-state index is 0.373. The first-order chi connectivity index (χ1) is 7.77. The van der Waals surface area contributed by atoms with E-state index in [4.69, 9.17) is 0 Å². The van der Waals surface area contributed by atoms with Crippen molar-refractivity contribution < 1.29 is 4.79 Å². The van der Waals surface area contributed by atoms with Crippen LogP contribution in [0.2, 0.25) is 0 Å². The SMILES string of the molecule is CCCC1CCC(=O)N(CCCCS)CC1. The van der Waals surface area contributed by atoms with E-state index >= 15 is 0 Å². The molecule has 1 heterocycles. The normalized spacial score (nSPS) is 22.2. The van der Waals surface area contributed by atoms with Gasteiger partial charge in [-0.05, 0) is 37.4 Å². The van der Waals surface area contributed by atoms with Crippen LogP contribution >= 0.6 is 12.6 Å². The van der Waals surface area contributed by atoms with Gasteiger partial charge in [-0.15, -0.1) is 0 Å². The Kier molecular flexibility index (Phi) is 6.93. The van der Waals surface area contributed by atoms with Gasteiger partial charge in [-0.1, -0.05) is 19.8 Å². The number of unbranched alkanes of at least 4 members (excludes halogenated alkanes) is 1. The number of carbonyl (C=O) groups is 1. The lowest BCUT2D eigenvalue weighted by Gasteiger charge is -2.20. The third kappa shape index (κ3) is 4.77. The lowest BCUT2D eigenvalue weighted by Crippen LogP contribution is -2.31. The molecule has 0 aromatic heterocycles. The van der Waals surface area contributed by atoms with E-state index in [0.29, 0.717) is 5.91 Å². The molecule has 0 radical (unpaired) electrons. The fourth-order valence-electron chi connectivity index (χ4n) is 2.44. The molecule has 1 unspecified atom stereocenters. The maximum atomic E-state index is 11.9. The largest absolute Gasteiger partial charge is 0.343 e. The Morgan fingerprint density at radius 3 is 2.88 bits per heavy atom. The first-order valence-corrected chi connectivity index (χ1v) is 7.29. The minimum Gasteiger partial charge on any atom is -0.343 e. The molecule has 1 atom stereocenters. The van der Waals surface area contributed by atoms with E-state index in [-0.39, 0.29) is 0 Å². The molecule has 0 spiro atoms. The highest BCUT2D eigenvalue weighted by Crippen LogP contribution is 2.22. The van der Waals surface area contributed by atoms with Gasteiger partial charge < -0.3 is 4.90 Å². The first-order valence-electron chi connectivity index (χ1n) is 6.66. The van der Waals surface area contributed by atoms with E-state index in [1.165, 1.54) is 19.3 Å². The van der Waals surface area contributed by atoms with Crippen molar-refractivity contribution in [2.75, 3.05) is 18.8 Å². The summed E-state index contributed by atoms with van der Waals surface area (Å²) in [5.41, 5.74) is 0. The molecule has 1 aliphatic heterocycles. The summed E-state index contributed by atoms with van der Waals surface area (Å²) in [6.07, 6.45) is 7.84. The Balaban J connectivity index is 2.32. The smallest absolute Gasteiger partial charge is 0.222 e. The average Bonchev–Trinajstić information content (AvgIpc) is 2.45. The second-order valence-corrected chi connectivity index (χ2v) is 5.24. The van der Waals surface area contributed by atoms with Crippen molar-refractivity contribution in [2.45, 2.75) is 51.9 Å². The van der Waals surface area contributed by atoms with Crippen LogP contribution in [0.3, 0.4) is 0 Å². The summed E-state index contributed by atoms with van der Waals surface area (Å²) in [7, 11) is 0. The zero-order chi connectivity index (χ0) is 11.8. The second-order valence-electron chi connectivity index (χ2n) is 4.79. The Morgan fingerprint density at radius 2 is 2.19 bits per heavy atom. The number of amides is 1. The molecule has 1 aliphatic rings. The van der Waals surface area contributed by atoms with Gasteiger partial charge in [0, 0.05) is 19.5 Å². The van der Waals surface area contributed by atoms with E-state index in [2.05, 4.69) is 24.5 Å². The quantitative estimate of drug-likeness (QED) is 0.561. The zero-order valence-electron chi connectivity index (χ0n) is 10.5. The lowest BCUT2D eigenvalue weighted by molar-refractivity contribution is -0.130. The van der Waals surface area contributed by atoms with Gasteiger partial charge in [-0.25, -0.2) is 0 Å². The number of likely N-dealkylation sites (tertiary alicyclic amines) is 1. The van der Waals surface area contributed by atoms with Crippen LogP contribution in [0.15, 0.2) is 0 Å². The standard InChI is InChI=1S/C13H25NOS/c1-2-5-12-6-7-13(15)14(10-8-12)9-3-4-11-16/h12,16H,2-11H2,1H3. The van der Waals surface area contributed by atoms with Crippen LogP contribution in [0.5, 0.6) is 0 Å². The Labute approximate surface area is 105 Å². The van der Waals surface area contributed by atoms with Crippen LogP contribution in [-0.2, 0) is 4.79 Å². The molecule has 0 saturated carbocycles.